The third kappa shape index (κ3) is 0.777. The van der Waals surface area contributed by atoms with Gasteiger partial charge in [0.2, 0.25) is 0 Å². The number of nitrogens with one attached hydrogen (secondary N) is 1. The van der Waals surface area contributed by atoms with E-state index in [2.05, 4.69) is 4.98 Å². The predicted molar refractivity (Wildman–Crippen MR) is 42.9 cm³/mol. The molecule has 2 heterocycles. The zero-order valence-corrected chi connectivity index (χ0v) is 6.63. The molecule has 1 amide bonds. The van der Waals surface area contributed by atoms with E-state index in [1.807, 2.05) is 0 Å². The van der Waals surface area contributed by atoms with Crippen molar-refractivity contribution in [3.8, 4) is 0 Å². The van der Waals surface area contributed by atoms with Crippen LogP contribution in [0, 0.1) is 0 Å². The van der Waals surface area contributed by atoms with E-state index in [1.54, 1.807) is 13.2 Å². The smallest absolute Gasteiger partial charge is 0.259 e. The van der Waals surface area contributed by atoms with Gasteiger partial charge < -0.3 is 9.88 Å². The molecule has 1 N–H and O–H groups in total. The molecule has 0 radical (unpaired) electrons. The molecular weight excluding hydrogens is 156 g/mol. The summed E-state index contributed by atoms with van der Waals surface area (Å²) in [6, 6.07) is 1.37. The molecular formula is C8H8N2O2. The lowest BCUT2D eigenvalue weighted by Crippen LogP contribution is -2.21. The van der Waals surface area contributed by atoms with Gasteiger partial charge >= 0.3 is 0 Å². The van der Waals surface area contributed by atoms with Crippen LogP contribution < -0.4 is 5.43 Å². The molecule has 0 saturated heterocycles. The van der Waals surface area contributed by atoms with Crippen molar-refractivity contribution in [2.24, 2.45) is 0 Å². The first-order valence-corrected chi connectivity index (χ1v) is 3.66. The lowest BCUT2D eigenvalue weighted by molar-refractivity contribution is 0.0815. The Kier molecular flexibility index (Phi) is 1.30. The van der Waals surface area contributed by atoms with Crippen molar-refractivity contribution in [1.82, 2.24) is 9.88 Å². The average Bonchev–Trinajstić information content (AvgIpc) is 2.29. The molecule has 4 heteroatoms. The third-order valence-electron chi connectivity index (χ3n) is 2.00. The molecule has 1 aliphatic rings. The van der Waals surface area contributed by atoms with Gasteiger partial charge in [-0.15, -0.1) is 0 Å². The van der Waals surface area contributed by atoms with E-state index in [0.717, 1.165) is 5.69 Å². The fraction of sp³-hybridized carbons (Fsp3) is 0.250. The number of pyridine rings is 1. The van der Waals surface area contributed by atoms with E-state index in [0.29, 0.717) is 12.1 Å². The van der Waals surface area contributed by atoms with Gasteiger partial charge in [0.05, 0.1) is 12.2 Å². The molecule has 1 aliphatic heterocycles. The number of hydrogen-bond acceptors (Lipinski definition) is 2. The summed E-state index contributed by atoms with van der Waals surface area (Å²) >= 11 is 0. The van der Waals surface area contributed by atoms with Crippen LogP contribution in [-0.4, -0.2) is 22.8 Å². The number of carbonyl (C=O) groups is 1. The summed E-state index contributed by atoms with van der Waals surface area (Å²) in [4.78, 5) is 26.9. The summed E-state index contributed by atoms with van der Waals surface area (Å²) in [5.74, 6) is -0.188. The van der Waals surface area contributed by atoms with Crippen molar-refractivity contribution in [3.63, 3.8) is 0 Å². The number of H-pyrrole nitrogens is 1. The summed E-state index contributed by atoms with van der Waals surface area (Å²) in [6.07, 6.45) is 1.56. The molecule has 4 nitrogen and oxygen atoms in total. The van der Waals surface area contributed by atoms with Gasteiger partial charge in [0.25, 0.3) is 5.91 Å². The topological polar surface area (TPSA) is 53.2 Å². The van der Waals surface area contributed by atoms with Crippen LogP contribution in [0.25, 0.3) is 0 Å². The molecule has 0 spiro atoms. The largest absolute Gasteiger partial charge is 0.363 e. The zero-order valence-electron chi connectivity index (χ0n) is 6.63. The Morgan fingerprint density at radius 1 is 1.50 bits per heavy atom. The van der Waals surface area contributed by atoms with Crippen LogP contribution >= 0.6 is 0 Å². The van der Waals surface area contributed by atoms with Crippen LogP contribution in [-0.2, 0) is 6.54 Å². The Morgan fingerprint density at radius 2 is 2.25 bits per heavy atom. The fourth-order valence-electron chi connectivity index (χ4n) is 1.38. The number of hydrogen-bond donors (Lipinski definition) is 1. The highest BCUT2D eigenvalue weighted by Crippen LogP contribution is 2.14. The Labute approximate surface area is 68.8 Å². The molecule has 0 atom stereocenters. The SMILES string of the molecule is CN1Cc2[nH]ccc(=O)c2C1=O. The van der Waals surface area contributed by atoms with Gasteiger partial charge in [-0.3, -0.25) is 9.59 Å². The van der Waals surface area contributed by atoms with Crippen LogP contribution in [0.4, 0.5) is 0 Å². The van der Waals surface area contributed by atoms with Crippen molar-refractivity contribution in [1.29, 1.82) is 0 Å². The number of aromatic amines is 1. The van der Waals surface area contributed by atoms with Gasteiger partial charge in [-0.25, -0.2) is 0 Å². The Balaban J connectivity index is 2.70. The van der Waals surface area contributed by atoms with Crippen LogP contribution in [0.3, 0.4) is 0 Å². The maximum Gasteiger partial charge on any atom is 0.259 e. The first-order valence-electron chi connectivity index (χ1n) is 3.66. The summed E-state index contributed by atoms with van der Waals surface area (Å²) in [5, 5.41) is 0. The highest BCUT2D eigenvalue weighted by atomic mass is 16.2. The van der Waals surface area contributed by atoms with Gasteiger partial charge in [-0.1, -0.05) is 0 Å². The number of nitrogens with zero attached hydrogens (tertiary/aromatic N) is 1. The van der Waals surface area contributed by atoms with Crippen molar-refractivity contribution in [3.05, 3.63) is 33.7 Å². The lowest BCUT2D eigenvalue weighted by atomic mass is 10.2. The van der Waals surface area contributed by atoms with Crippen molar-refractivity contribution < 1.29 is 4.79 Å². The standard InChI is InChI=1S/C8H8N2O2/c1-10-4-5-7(8(10)12)6(11)2-3-9-5/h2-3H,4H2,1H3,(H,9,11). The van der Waals surface area contributed by atoms with Crippen molar-refractivity contribution in [2.75, 3.05) is 7.05 Å². The third-order valence-corrected chi connectivity index (χ3v) is 2.00. The Morgan fingerprint density at radius 3 is 2.92 bits per heavy atom. The second kappa shape index (κ2) is 2.20. The first-order chi connectivity index (χ1) is 5.70. The number of carbonyl (C=O) groups excluding carboxylic acids is 1. The maximum absolute atomic E-state index is 11.3. The molecule has 0 saturated carbocycles. The number of fused-ring (bicyclic) bond motifs is 1. The second-order valence-electron chi connectivity index (χ2n) is 2.86. The van der Waals surface area contributed by atoms with Gasteiger partial charge in [0.15, 0.2) is 5.43 Å². The molecule has 0 aromatic carbocycles. The summed E-state index contributed by atoms with van der Waals surface area (Å²) in [6.45, 7) is 0.504. The number of aromatic nitrogens is 1. The molecule has 62 valence electrons. The van der Waals surface area contributed by atoms with Crippen LogP contribution in [0.2, 0.25) is 0 Å². The van der Waals surface area contributed by atoms with E-state index in [-0.39, 0.29) is 11.3 Å². The first kappa shape index (κ1) is 7.09. The van der Waals surface area contributed by atoms with E-state index in [9.17, 15) is 9.59 Å². The molecule has 0 unspecified atom stereocenters. The molecule has 2 rings (SSSR count). The highest BCUT2D eigenvalue weighted by Gasteiger charge is 2.26. The van der Waals surface area contributed by atoms with E-state index >= 15 is 0 Å². The van der Waals surface area contributed by atoms with E-state index in [1.165, 1.54) is 11.0 Å². The number of rotatable bonds is 0. The quantitative estimate of drug-likeness (QED) is 0.585. The summed E-state index contributed by atoms with van der Waals surface area (Å²) in [7, 11) is 1.68. The Bertz CT molecular complexity index is 394. The van der Waals surface area contributed by atoms with Gasteiger partial charge in [0, 0.05) is 19.3 Å². The normalized spacial score (nSPS) is 15.1. The Hall–Kier alpha value is -1.58. The van der Waals surface area contributed by atoms with Gasteiger partial charge in [0.1, 0.15) is 5.56 Å². The van der Waals surface area contributed by atoms with Gasteiger partial charge in [-0.05, 0) is 0 Å². The summed E-state index contributed by atoms with van der Waals surface area (Å²) < 4.78 is 0. The minimum Gasteiger partial charge on any atom is -0.363 e. The maximum atomic E-state index is 11.3. The van der Waals surface area contributed by atoms with E-state index in [4.69, 9.17) is 0 Å². The molecule has 1 aromatic heterocycles. The zero-order chi connectivity index (χ0) is 8.72. The van der Waals surface area contributed by atoms with Gasteiger partial charge in [-0.2, -0.15) is 0 Å². The minimum atomic E-state index is -0.196. The summed E-state index contributed by atoms with van der Waals surface area (Å²) in [5.41, 5.74) is 0.813. The van der Waals surface area contributed by atoms with E-state index < -0.39 is 0 Å². The molecule has 12 heavy (non-hydrogen) atoms. The van der Waals surface area contributed by atoms with Crippen LogP contribution in [0.5, 0.6) is 0 Å². The highest BCUT2D eigenvalue weighted by molar-refractivity contribution is 5.97. The minimum absolute atomic E-state index is 0.188. The molecule has 0 aliphatic carbocycles. The monoisotopic (exact) mass is 164 g/mol. The van der Waals surface area contributed by atoms with Crippen molar-refractivity contribution >= 4 is 5.91 Å². The van der Waals surface area contributed by atoms with Crippen molar-refractivity contribution in [2.45, 2.75) is 6.54 Å². The fourth-order valence-corrected chi connectivity index (χ4v) is 1.38. The lowest BCUT2D eigenvalue weighted by Gasteiger charge is -2.03. The molecule has 0 fully saturated rings. The predicted octanol–water partition coefficient (Wildman–Crippen LogP) is -0.0395. The van der Waals surface area contributed by atoms with Crippen LogP contribution in [0.1, 0.15) is 16.1 Å². The molecule has 1 aromatic rings. The average molecular weight is 164 g/mol. The van der Waals surface area contributed by atoms with Crippen LogP contribution in [0.15, 0.2) is 17.1 Å². The second-order valence-corrected chi connectivity index (χ2v) is 2.86. The number of amides is 1. The molecule has 0 bridgehead atoms.